The van der Waals surface area contributed by atoms with Crippen LogP contribution in [0.1, 0.15) is 35.9 Å². The molecule has 1 N–H and O–H groups in total. The number of benzene rings is 1. The van der Waals surface area contributed by atoms with Crippen molar-refractivity contribution in [2.24, 2.45) is 0 Å². The van der Waals surface area contributed by atoms with Gasteiger partial charge in [0.2, 0.25) is 10.0 Å². The second-order valence-corrected chi connectivity index (χ2v) is 9.47. The Morgan fingerprint density at radius 3 is 2.74 bits per heavy atom. The van der Waals surface area contributed by atoms with Gasteiger partial charge in [0.25, 0.3) is 5.91 Å². The summed E-state index contributed by atoms with van der Waals surface area (Å²) in [7, 11) is -3.59. The Kier molecular flexibility index (Phi) is 5.97. The minimum Gasteiger partial charge on any atom is -0.490 e. The molecule has 4 rings (SSSR count). The molecule has 3 aromatic rings. The summed E-state index contributed by atoms with van der Waals surface area (Å²) in [5, 5.41) is 3.01. The van der Waals surface area contributed by atoms with Crippen molar-refractivity contribution in [1.29, 1.82) is 0 Å². The van der Waals surface area contributed by atoms with E-state index in [9.17, 15) is 13.2 Å². The zero-order valence-electron chi connectivity index (χ0n) is 17.6. The summed E-state index contributed by atoms with van der Waals surface area (Å²) in [5.41, 5.74) is 1.61. The lowest BCUT2D eigenvalue weighted by Gasteiger charge is -2.32. The molecule has 1 aromatic carbocycles. The first-order valence-electron chi connectivity index (χ1n) is 10.4. The zero-order chi connectivity index (χ0) is 22.0. The van der Waals surface area contributed by atoms with Crippen molar-refractivity contribution in [2.75, 3.05) is 19.7 Å². The van der Waals surface area contributed by atoms with Gasteiger partial charge in [-0.2, -0.15) is 4.31 Å². The summed E-state index contributed by atoms with van der Waals surface area (Å²) in [6.07, 6.45) is 3.17. The van der Waals surface area contributed by atoms with E-state index in [-0.39, 0.29) is 23.4 Å². The number of carbonyl (C=O) groups excluding carboxylic acids is 1. The molecule has 1 fully saturated rings. The van der Waals surface area contributed by atoms with Gasteiger partial charge in [-0.25, -0.2) is 13.4 Å². The van der Waals surface area contributed by atoms with Crippen LogP contribution in [0.25, 0.3) is 5.65 Å². The highest BCUT2D eigenvalue weighted by Crippen LogP contribution is 2.24. The first-order chi connectivity index (χ1) is 14.9. The van der Waals surface area contributed by atoms with Crippen molar-refractivity contribution in [3.63, 3.8) is 0 Å². The Bertz CT molecular complexity index is 1190. The minimum absolute atomic E-state index is 0.239. The van der Waals surface area contributed by atoms with E-state index in [0.29, 0.717) is 48.8 Å². The van der Waals surface area contributed by atoms with Crippen molar-refractivity contribution in [2.45, 2.75) is 37.6 Å². The predicted octanol–water partition coefficient (Wildman–Crippen LogP) is 2.62. The lowest BCUT2D eigenvalue weighted by molar-refractivity contribution is 0.0914. The molecule has 31 heavy (non-hydrogen) atoms. The highest BCUT2D eigenvalue weighted by atomic mass is 32.2. The molecule has 0 aliphatic carbocycles. The van der Waals surface area contributed by atoms with Gasteiger partial charge in [-0.3, -0.25) is 9.20 Å². The predicted molar refractivity (Wildman–Crippen MR) is 117 cm³/mol. The van der Waals surface area contributed by atoms with Gasteiger partial charge >= 0.3 is 0 Å². The second-order valence-electron chi connectivity index (χ2n) is 7.53. The van der Waals surface area contributed by atoms with Crippen LogP contribution in [-0.2, 0) is 10.0 Å². The van der Waals surface area contributed by atoms with Crippen molar-refractivity contribution >= 4 is 21.6 Å². The van der Waals surface area contributed by atoms with Gasteiger partial charge in [0, 0.05) is 25.3 Å². The largest absolute Gasteiger partial charge is 0.490 e. The van der Waals surface area contributed by atoms with Gasteiger partial charge in [0.1, 0.15) is 5.69 Å². The number of amides is 1. The van der Waals surface area contributed by atoms with Gasteiger partial charge in [-0.05, 0) is 51.0 Å². The molecule has 1 aliphatic heterocycles. The van der Waals surface area contributed by atoms with E-state index in [1.54, 1.807) is 47.9 Å². The fourth-order valence-electron chi connectivity index (χ4n) is 3.97. The van der Waals surface area contributed by atoms with Gasteiger partial charge in [-0.15, -0.1) is 0 Å². The molecule has 1 atom stereocenters. The number of carbonyl (C=O) groups is 1. The Morgan fingerprint density at radius 2 is 2.00 bits per heavy atom. The number of imidazole rings is 1. The first-order valence-corrected chi connectivity index (χ1v) is 11.8. The Labute approximate surface area is 181 Å². The Balaban J connectivity index is 1.54. The van der Waals surface area contributed by atoms with Crippen LogP contribution >= 0.6 is 0 Å². The van der Waals surface area contributed by atoms with Crippen LogP contribution in [0, 0.1) is 6.92 Å². The van der Waals surface area contributed by atoms with Crippen LogP contribution in [0.2, 0.25) is 0 Å². The minimum atomic E-state index is -3.59. The second kappa shape index (κ2) is 8.68. The average Bonchev–Trinajstić information content (AvgIpc) is 3.11. The average molecular weight is 443 g/mol. The van der Waals surface area contributed by atoms with Crippen LogP contribution in [0.5, 0.6) is 5.75 Å². The van der Waals surface area contributed by atoms with Crippen molar-refractivity contribution in [1.82, 2.24) is 19.0 Å². The molecule has 0 saturated carbocycles. The van der Waals surface area contributed by atoms with E-state index in [1.807, 2.05) is 19.1 Å². The maximum Gasteiger partial charge on any atom is 0.270 e. The summed E-state index contributed by atoms with van der Waals surface area (Å²) < 4.78 is 34.7. The molecule has 0 radical (unpaired) electrons. The summed E-state index contributed by atoms with van der Waals surface area (Å²) in [4.78, 5) is 17.9. The number of rotatable bonds is 6. The van der Waals surface area contributed by atoms with Crippen molar-refractivity contribution in [3.05, 3.63) is 60.0 Å². The van der Waals surface area contributed by atoms with Crippen molar-refractivity contribution < 1.29 is 17.9 Å². The molecule has 0 unspecified atom stereocenters. The third-order valence-electron chi connectivity index (χ3n) is 5.40. The number of fused-ring (bicyclic) bond motifs is 1. The summed E-state index contributed by atoms with van der Waals surface area (Å²) in [5.74, 6) is 0.340. The first kappa shape index (κ1) is 21.3. The van der Waals surface area contributed by atoms with Crippen LogP contribution in [0.4, 0.5) is 0 Å². The number of hydrogen-bond donors (Lipinski definition) is 1. The van der Waals surface area contributed by atoms with Gasteiger partial charge in [-0.1, -0.05) is 18.2 Å². The lowest BCUT2D eigenvalue weighted by atomic mass is 10.1. The van der Waals surface area contributed by atoms with Crippen LogP contribution in [-0.4, -0.2) is 53.8 Å². The number of sulfonamides is 1. The number of aryl methyl sites for hydroxylation is 1. The smallest absolute Gasteiger partial charge is 0.270 e. The number of hydrogen-bond acceptors (Lipinski definition) is 5. The standard InChI is InChI=1S/C22H26N4O4S/c1-3-30-19-12-8-14-26-20(16(2)23-21(19)26)22(27)24-17-9-7-13-25(15-17)31(28,29)18-10-5-4-6-11-18/h4-6,8,10-12,14,17H,3,7,9,13,15H2,1-2H3,(H,24,27)/t17-/m0/s1. The molecule has 1 aliphatic rings. The third kappa shape index (κ3) is 4.15. The van der Waals surface area contributed by atoms with Gasteiger partial charge < -0.3 is 10.1 Å². The maximum absolute atomic E-state index is 13.1. The van der Waals surface area contributed by atoms with Crippen LogP contribution < -0.4 is 10.1 Å². The van der Waals surface area contributed by atoms with E-state index in [4.69, 9.17) is 4.74 Å². The topological polar surface area (TPSA) is 93.0 Å². The Morgan fingerprint density at radius 1 is 1.23 bits per heavy atom. The number of nitrogens with one attached hydrogen (secondary N) is 1. The molecular formula is C22H26N4O4S. The summed E-state index contributed by atoms with van der Waals surface area (Å²) >= 11 is 0. The van der Waals surface area contributed by atoms with Gasteiger partial charge in [0.05, 0.1) is 17.2 Å². The molecule has 9 heteroatoms. The molecular weight excluding hydrogens is 416 g/mol. The Hall–Kier alpha value is -2.91. The van der Waals surface area contributed by atoms with Gasteiger partial charge in [0.15, 0.2) is 11.4 Å². The lowest BCUT2D eigenvalue weighted by Crippen LogP contribution is -2.49. The van der Waals surface area contributed by atoms with E-state index >= 15 is 0 Å². The molecule has 3 heterocycles. The molecule has 8 nitrogen and oxygen atoms in total. The summed E-state index contributed by atoms with van der Waals surface area (Å²) in [6, 6.07) is 11.7. The SMILES string of the molecule is CCOc1cccn2c(C(=O)N[C@H]3CCCN(S(=O)(=O)c4ccccc4)C3)c(C)nc12. The molecule has 0 bridgehead atoms. The number of ether oxygens (including phenoxy) is 1. The maximum atomic E-state index is 13.1. The fourth-order valence-corrected chi connectivity index (χ4v) is 5.52. The molecule has 1 amide bonds. The number of aromatic nitrogens is 2. The molecule has 2 aromatic heterocycles. The highest BCUT2D eigenvalue weighted by Gasteiger charge is 2.31. The van der Waals surface area contributed by atoms with Crippen LogP contribution in [0.3, 0.4) is 0 Å². The normalized spacial score (nSPS) is 17.5. The van der Waals surface area contributed by atoms with E-state index in [0.717, 1.165) is 0 Å². The summed E-state index contributed by atoms with van der Waals surface area (Å²) in [6.45, 7) is 4.86. The molecule has 1 saturated heterocycles. The molecule has 164 valence electrons. The highest BCUT2D eigenvalue weighted by molar-refractivity contribution is 7.89. The number of piperidine rings is 1. The third-order valence-corrected chi connectivity index (χ3v) is 7.28. The van der Waals surface area contributed by atoms with Crippen LogP contribution in [0.15, 0.2) is 53.6 Å². The monoisotopic (exact) mass is 442 g/mol. The van der Waals surface area contributed by atoms with E-state index in [2.05, 4.69) is 10.3 Å². The zero-order valence-corrected chi connectivity index (χ0v) is 18.4. The van der Waals surface area contributed by atoms with Crippen molar-refractivity contribution in [3.8, 4) is 5.75 Å². The number of pyridine rings is 1. The van der Waals surface area contributed by atoms with E-state index in [1.165, 1.54) is 4.31 Å². The molecule has 0 spiro atoms. The quantitative estimate of drug-likeness (QED) is 0.634. The van der Waals surface area contributed by atoms with E-state index < -0.39 is 10.0 Å². The number of nitrogens with zero attached hydrogens (tertiary/aromatic N) is 3. The fraction of sp³-hybridized carbons (Fsp3) is 0.364.